The van der Waals surface area contributed by atoms with E-state index in [0.717, 1.165) is 15.6 Å². The summed E-state index contributed by atoms with van der Waals surface area (Å²) in [5.41, 5.74) is 8.20. The number of fused-ring (bicyclic) bond motifs is 1. The highest BCUT2D eigenvalue weighted by Crippen LogP contribution is 2.31. The normalized spacial score (nSPS) is 15.2. The van der Waals surface area contributed by atoms with Gasteiger partial charge in [0, 0.05) is 17.6 Å². The van der Waals surface area contributed by atoms with Crippen molar-refractivity contribution >= 4 is 31.6 Å². The fraction of sp³-hybridized carbons (Fsp3) is 0.143. The zero-order chi connectivity index (χ0) is 14.3. The van der Waals surface area contributed by atoms with Crippen molar-refractivity contribution in [3.05, 3.63) is 58.1 Å². The van der Waals surface area contributed by atoms with Crippen molar-refractivity contribution < 1.29 is 8.42 Å². The number of sulfonamides is 1. The molecular weight excluding hydrogens is 340 g/mol. The smallest absolute Gasteiger partial charge is 0.245 e. The van der Waals surface area contributed by atoms with Crippen molar-refractivity contribution in [2.45, 2.75) is 18.0 Å². The first-order chi connectivity index (χ1) is 9.48. The average Bonchev–Trinajstić information content (AvgIpc) is 2.82. The quantitative estimate of drug-likeness (QED) is 0.845. The summed E-state index contributed by atoms with van der Waals surface area (Å²) in [5.74, 6) is 0. The molecule has 0 aromatic heterocycles. The maximum atomic E-state index is 12.7. The van der Waals surface area contributed by atoms with Gasteiger partial charge in [-0.1, -0.05) is 40.2 Å². The van der Waals surface area contributed by atoms with Gasteiger partial charge in [-0.3, -0.25) is 0 Å². The van der Waals surface area contributed by atoms with E-state index < -0.39 is 10.0 Å². The Hall–Kier alpha value is -1.37. The molecule has 0 aliphatic carbocycles. The van der Waals surface area contributed by atoms with Crippen LogP contribution in [0.3, 0.4) is 0 Å². The summed E-state index contributed by atoms with van der Waals surface area (Å²) >= 11 is 3.28. The van der Waals surface area contributed by atoms with Crippen LogP contribution in [-0.2, 0) is 23.1 Å². The van der Waals surface area contributed by atoms with Crippen LogP contribution in [0, 0.1) is 0 Å². The van der Waals surface area contributed by atoms with Crippen molar-refractivity contribution in [2.24, 2.45) is 0 Å². The van der Waals surface area contributed by atoms with Crippen molar-refractivity contribution in [1.29, 1.82) is 0 Å². The van der Waals surface area contributed by atoms with Crippen molar-refractivity contribution in [1.82, 2.24) is 4.31 Å². The van der Waals surface area contributed by atoms with E-state index in [1.165, 1.54) is 10.4 Å². The van der Waals surface area contributed by atoms with Gasteiger partial charge in [0.2, 0.25) is 10.0 Å². The molecule has 3 rings (SSSR count). The number of hydrogen-bond acceptors (Lipinski definition) is 3. The molecule has 20 heavy (non-hydrogen) atoms. The molecule has 0 atom stereocenters. The summed E-state index contributed by atoms with van der Waals surface area (Å²) in [5, 5.41) is 0. The Kier molecular flexibility index (Phi) is 3.32. The van der Waals surface area contributed by atoms with E-state index in [0.29, 0.717) is 13.1 Å². The van der Waals surface area contributed by atoms with Gasteiger partial charge >= 0.3 is 0 Å². The van der Waals surface area contributed by atoms with Gasteiger partial charge in [-0.2, -0.15) is 4.31 Å². The highest BCUT2D eigenvalue weighted by atomic mass is 79.9. The molecule has 1 heterocycles. The minimum absolute atomic E-state index is 0.161. The van der Waals surface area contributed by atoms with E-state index in [2.05, 4.69) is 15.9 Å². The Labute approximate surface area is 126 Å². The molecule has 2 aromatic carbocycles. The minimum atomic E-state index is -3.57. The Morgan fingerprint density at radius 1 is 1.05 bits per heavy atom. The molecule has 0 saturated heterocycles. The number of halogens is 1. The molecule has 0 fully saturated rings. The van der Waals surface area contributed by atoms with E-state index in [9.17, 15) is 8.42 Å². The Morgan fingerprint density at radius 2 is 1.65 bits per heavy atom. The second-order valence-electron chi connectivity index (χ2n) is 4.72. The number of hydrogen-bond donors (Lipinski definition) is 1. The van der Waals surface area contributed by atoms with Crippen LogP contribution in [0.1, 0.15) is 11.1 Å². The second kappa shape index (κ2) is 4.87. The van der Waals surface area contributed by atoms with Crippen LogP contribution < -0.4 is 5.73 Å². The van der Waals surface area contributed by atoms with Crippen molar-refractivity contribution in [2.75, 3.05) is 5.73 Å². The van der Waals surface area contributed by atoms with Crippen LogP contribution in [0.15, 0.2) is 51.8 Å². The van der Waals surface area contributed by atoms with Crippen molar-refractivity contribution in [3.8, 4) is 0 Å². The first kappa shape index (κ1) is 13.6. The molecule has 0 unspecified atom stereocenters. The lowest BCUT2D eigenvalue weighted by molar-refractivity contribution is 0.432. The van der Waals surface area contributed by atoms with E-state index in [1.807, 2.05) is 24.3 Å². The van der Waals surface area contributed by atoms with Gasteiger partial charge in [0.1, 0.15) is 4.90 Å². The van der Waals surface area contributed by atoms with Gasteiger partial charge in [0.25, 0.3) is 0 Å². The SMILES string of the molecule is Nc1cc(Br)ccc1S(=O)(=O)N1Cc2ccccc2C1. The predicted octanol–water partition coefficient (Wildman–Crippen LogP) is 2.74. The number of rotatable bonds is 2. The number of nitrogens with two attached hydrogens (primary N) is 1. The highest BCUT2D eigenvalue weighted by molar-refractivity contribution is 9.10. The van der Waals surface area contributed by atoms with Gasteiger partial charge in [0.05, 0.1) is 5.69 Å². The summed E-state index contributed by atoms with van der Waals surface area (Å²) in [6.07, 6.45) is 0. The largest absolute Gasteiger partial charge is 0.398 e. The molecule has 0 bridgehead atoms. The lowest BCUT2D eigenvalue weighted by Crippen LogP contribution is -2.26. The maximum absolute atomic E-state index is 12.7. The summed E-state index contributed by atoms with van der Waals surface area (Å²) < 4.78 is 27.5. The highest BCUT2D eigenvalue weighted by Gasteiger charge is 2.31. The Balaban J connectivity index is 1.99. The fourth-order valence-electron chi connectivity index (χ4n) is 2.37. The first-order valence-corrected chi connectivity index (χ1v) is 8.34. The van der Waals surface area contributed by atoms with Crippen LogP contribution in [0.5, 0.6) is 0 Å². The van der Waals surface area contributed by atoms with Gasteiger partial charge in [-0.25, -0.2) is 8.42 Å². The van der Waals surface area contributed by atoms with Gasteiger partial charge in [0.15, 0.2) is 0 Å². The summed E-state index contributed by atoms with van der Waals surface area (Å²) in [4.78, 5) is 0.161. The maximum Gasteiger partial charge on any atom is 0.245 e. The minimum Gasteiger partial charge on any atom is -0.398 e. The number of benzene rings is 2. The van der Waals surface area contributed by atoms with E-state index in [-0.39, 0.29) is 10.6 Å². The van der Waals surface area contributed by atoms with E-state index in [4.69, 9.17) is 5.73 Å². The molecule has 0 spiro atoms. The third-order valence-corrected chi connectivity index (χ3v) is 5.76. The third kappa shape index (κ3) is 2.24. The second-order valence-corrected chi connectivity index (χ2v) is 7.55. The lowest BCUT2D eigenvalue weighted by atomic mass is 10.1. The number of anilines is 1. The van der Waals surface area contributed by atoms with Crippen LogP contribution >= 0.6 is 15.9 Å². The number of nitrogens with zero attached hydrogens (tertiary/aromatic N) is 1. The van der Waals surface area contributed by atoms with Gasteiger partial charge in [-0.15, -0.1) is 0 Å². The zero-order valence-corrected chi connectivity index (χ0v) is 13.0. The monoisotopic (exact) mass is 352 g/mol. The molecule has 4 nitrogen and oxygen atoms in total. The molecule has 1 aliphatic rings. The van der Waals surface area contributed by atoms with Crippen LogP contribution in [0.4, 0.5) is 5.69 Å². The Morgan fingerprint density at radius 3 is 2.20 bits per heavy atom. The molecule has 2 aromatic rings. The first-order valence-electron chi connectivity index (χ1n) is 6.10. The molecule has 0 amide bonds. The third-order valence-electron chi connectivity index (χ3n) is 3.40. The molecule has 0 radical (unpaired) electrons. The van der Waals surface area contributed by atoms with Crippen LogP contribution in [0.25, 0.3) is 0 Å². The molecule has 0 saturated carbocycles. The van der Waals surface area contributed by atoms with E-state index in [1.54, 1.807) is 12.1 Å². The lowest BCUT2D eigenvalue weighted by Gasteiger charge is -2.17. The average molecular weight is 353 g/mol. The Bertz CT molecular complexity index is 749. The number of nitrogen functional groups attached to an aromatic ring is 1. The predicted molar refractivity (Wildman–Crippen MR) is 81.4 cm³/mol. The topological polar surface area (TPSA) is 63.4 Å². The zero-order valence-electron chi connectivity index (χ0n) is 10.6. The van der Waals surface area contributed by atoms with Gasteiger partial charge in [-0.05, 0) is 29.3 Å². The van der Waals surface area contributed by atoms with Gasteiger partial charge < -0.3 is 5.73 Å². The summed E-state index contributed by atoms with van der Waals surface area (Å²) in [6.45, 7) is 0.794. The van der Waals surface area contributed by atoms with Crippen molar-refractivity contribution in [3.63, 3.8) is 0 Å². The molecule has 6 heteroatoms. The molecule has 104 valence electrons. The van der Waals surface area contributed by atoms with Crippen LogP contribution in [0.2, 0.25) is 0 Å². The summed E-state index contributed by atoms with van der Waals surface area (Å²) in [6, 6.07) is 12.6. The molecule has 2 N–H and O–H groups in total. The summed E-state index contributed by atoms with van der Waals surface area (Å²) in [7, 11) is -3.57. The fourth-order valence-corrected chi connectivity index (χ4v) is 4.24. The molecular formula is C14H13BrN2O2S. The standard InChI is InChI=1S/C14H13BrN2O2S/c15-12-5-6-14(13(16)7-12)20(18,19)17-8-10-3-1-2-4-11(10)9-17/h1-7H,8-9,16H2. The molecule has 1 aliphatic heterocycles. The van der Waals surface area contributed by atoms with E-state index >= 15 is 0 Å². The van der Waals surface area contributed by atoms with Crippen LogP contribution in [-0.4, -0.2) is 12.7 Å².